The molecule has 8 heteroatoms. The zero-order valence-electron chi connectivity index (χ0n) is 20.2. The van der Waals surface area contributed by atoms with Crippen molar-refractivity contribution in [1.82, 2.24) is 24.8 Å². The maximum atomic E-state index is 12.7. The molecule has 1 aliphatic heterocycles. The highest BCUT2D eigenvalue weighted by atomic mass is 16.5. The fourth-order valence-electron chi connectivity index (χ4n) is 4.03. The molecule has 0 atom stereocenters. The van der Waals surface area contributed by atoms with Crippen LogP contribution >= 0.6 is 0 Å². The normalized spacial score (nSPS) is 14.8. The van der Waals surface area contributed by atoms with E-state index in [0.29, 0.717) is 31.3 Å². The van der Waals surface area contributed by atoms with Gasteiger partial charge in [-0.05, 0) is 41.8 Å². The van der Waals surface area contributed by atoms with Crippen LogP contribution < -0.4 is 4.74 Å². The van der Waals surface area contributed by atoms with Gasteiger partial charge in [0.25, 0.3) is 0 Å². The van der Waals surface area contributed by atoms with Crippen molar-refractivity contribution in [2.45, 2.75) is 26.4 Å². The molecule has 0 unspecified atom stereocenters. The Morgan fingerprint density at radius 1 is 1.00 bits per heavy atom. The first-order valence-electron chi connectivity index (χ1n) is 11.8. The van der Waals surface area contributed by atoms with Crippen molar-refractivity contribution >= 4 is 5.91 Å². The van der Waals surface area contributed by atoms with Gasteiger partial charge in [-0.3, -0.25) is 14.6 Å². The molecule has 4 rings (SSSR count). The zero-order chi connectivity index (χ0) is 23.9. The standard InChI is InChI=1S/C26H33N5O3/c1-4-20-5-7-21(8-6-20)17-29(2)25(32)19-31-15-13-30(14-16-31)18-24-27-26(28-34-24)22-9-11-23(33-3)12-10-22/h5-12H,4,13-19H2,1-3H3. The molecule has 0 N–H and O–H groups in total. The maximum absolute atomic E-state index is 12.7. The molecule has 2 aromatic carbocycles. The minimum Gasteiger partial charge on any atom is -0.497 e. The lowest BCUT2D eigenvalue weighted by atomic mass is 10.1. The van der Waals surface area contributed by atoms with E-state index < -0.39 is 0 Å². The van der Waals surface area contributed by atoms with E-state index in [-0.39, 0.29) is 5.91 Å². The Kier molecular flexibility index (Phi) is 7.92. The van der Waals surface area contributed by atoms with Gasteiger partial charge in [-0.25, -0.2) is 0 Å². The van der Waals surface area contributed by atoms with E-state index >= 15 is 0 Å². The molecule has 3 aromatic rings. The number of carbonyl (C=O) groups is 1. The Bertz CT molecular complexity index is 1060. The van der Waals surface area contributed by atoms with Crippen LogP contribution in [-0.2, 0) is 24.3 Å². The minimum absolute atomic E-state index is 0.147. The Morgan fingerprint density at radius 2 is 1.65 bits per heavy atom. The zero-order valence-corrected chi connectivity index (χ0v) is 20.2. The van der Waals surface area contributed by atoms with Crippen LogP contribution in [0.5, 0.6) is 5.75 Å². The smallest absolute Gasteiger partial charge is 0.241 e. The minimum atomic E-state index is 0.147. The van der Waals surface area contributed by atoms with Crippen molar-refractivity contribution < 1.29 is 14.1 Å². The number of methoxy groups -OCH3 is 1. The van der Waals surface area contributed by atoms with Crippen LogP contribution in [0.1, 0.15) is 23.9 Å². The summed E-state index contributed by atoms with van der Waals surface area (Å²) < 4.78 is 10.7. The van der Waals surface area contributed by atoms with Gasteiger partial charge < -0.3 is 14.2 Å². The topological polar surface area (TPSA) is 74.9 Å². The van der Waals surface area contributed by atoms with Crippen molar-refractivity contribution in [3.05, 3.63) is 65.5 Å². The molecule has 0 radical (unpaired) electrons. The Labute approximate surface area is 201 Å². The predicted octanol–water partition coefficient (Wildman–Crippen LogP) is 3.08. The first-order chi connectivity index (χ1) is 16.5. The van der Waals surface area contributed by atoms with Crippen LogP contribution in [0.2, 0.25) is 0 Å². The van der Waals surface area contributed by atoms with Crippen molar-refractivity contribution in [3.8, 4) is 17.1 Å². The molecule has 34 heavy (non-hydrogen) atoms. The molecule has 1 amide bonds. The number of amides is 1. The summed E-state index contributed by atoms with van der Waals surface area (Å²) in [5.41, 5.74) is 3.36. The number of hydrogen-bond donors (Lipinski definition) is 0. The lowest BCUT2D eigenvalue weighted by Gasteiger charge is -2.34. The summed E-state index contributed by atoms with van der Waals surface area (Å²) in [6.07, 6.45) is 1.03. The maximum Gasteiger partial charge on any atom is 0.241 e. The van der Waals surface area contributed by atoms with Gasteiger partial charge in [-0.2, -0.15) is 4.98 Å². The summed E-state index contributed by atoms with van der Waals surface area (Å²) in [5, 5.41) is 4.11. The van der Waals surface area contributed by atoms with E-state index in [4.69, 9.17) is 9.26 Å². The number of aryl methyl sites for hydroxylation is 1. The highest BCUT2D eigenvalue weighted by Gasteiger charge is 2.22. The SMILES string of the molecule is CCc1ccc(CN(C)C(=O)CN2CCN(Cc3nc(-c4ccc(OC)cc4)no3)CC2)cc1. The predicted molar refractivity (Wildman–Crippen MR) is 130 cm³/mol. The summed E-state index contributed by atoms with van der Waals surface area (Å²) in [4.78, 5) is 23.6. The number of hydrogen-bond acceptors (Lipinski definition) is 7. The molecule has 1 fully saturated rings. The number of nitrogens with zero attached hydrogens (tertiary/aromatic N) is 5. The molecular weight excluding hydrogens is 430 g/mol. The monoisotopic (exact) mass is 463 g/mol. The molecule has 2 heterocycles. The average Bonchev–Trinajstić information content (AvgIpc) is 3.34. The van der Waals surface area contributed by atoms with E-state index in [1.54, 1.807) is 7.11 Å². The number of likely N-dealkylation sites (N-methyl/N-ethyl adjacent to an activating group) is 1. The summed E-state index contributed by atoms with van der Waals surface area (Å²) in [6.45, 7) is 7.22. The number of aromatic nitrogens is 2. The lowest BCUT2D eigenvalue weighted by molar-refractivity contribution is -0.132. The van der Waals surface area contributed by atoms with Crippen LogP contribution in [0.4, 0.5) is 0 Å². The number of rotatable bonds is 9. The fraction of sp³-hybridized carbons (Fsp3) is 0.423. The molecule has 1 aromatic heterocycles. The molecule has 8 nitrogen and oxygen atoms in total. The third-order valence-corrected chi connectivity index (χ3v) is 6.28. The number of benzene rings is 2. The van der Waals surface area contributed by atoms with Crippen LogP contribution in [0, 0.1) is 0 Å². The van der Waals surface area contributed by atoms with Crippen molar-refractivity contribution in [2.75, 3.05) is 46.9 Å². The number of piperazine rings is 1. The van der Waals surface area contributed by atoms with Crippen molar-refractivity contribution in [2.24, 2.45) is 0 Å². The molecule has 0 aliphatic carbocycles. The van der Waals surface area contributed by atoms with Crippen LogP contribution in [0.15, 0.2) is 53.1 Å². The summed E-state index contributed by atoms with van der Waals surface area (Å²) >= 11 is 0. The van der Waals surface area contributed by atoms with Crippen molar-refractivity contribution in [1.29, 1.82) is 0 Å². The molecule has 0 spiro atoms. The molecule has 1 aliphatic rings. The quantitative estimate of drug-likeness (QED) is 0.483. The van der Waals surface area contributed by atoms with Gasteiger partial charge in [0, 0.05) is 45.3 Å². The van der Waals surface area contributed by atoms with Crippen LogP contribution in [0.3, 0.4) is 0 Å². The Hall–Kier alpha value is -3.23. The highest BCUT2D eigenvalue weighted by Crippen LogP contribution is 2.20. The molecule has 180 valence electrons. The lowest BCUT2D eigenvalue weighted by Crippen LogP contribution is -2.49. The summed E-state index contributed by atoms with van der Waals surface area (Å²) in [5.74, 6) is 2.12. The van der Waals surface area contributed by atoms with Gasteiger partial charge in [0.1, 0.15) is 5.75 Å². The number of ether oxygens (including phenoxy) is 1. The second kappa shape index (κ2) is 11.3. The third-order valence-electron chi connectivity index (χ3n) is 6.28. The van der Waals surface area contributed by atoms with E-state index in [0.717, 1.165) is 49.5 Å². The Morgan fingerprint density at radius 3 is 2.29 bits per heavy atom. The highest BCUT2D eigenvalue weighted by molar-refractivity contribution is 5.78. The van der Waals surface area contributed by atoms with Gasteiger partial charge in [0.15, 0.2) is 0 Å². The van der Waals surface area contributed by atoms with Gasteiger partial charge in [0.05, 0.1) is 20.2 Å². The van der Waals surface area contributed by atoms with E-state index in [2.05, 4.69) is 51.1 Å². The second-order valence-corrected chi connectivity index (χ2v) is 8.71. The van der Waals surface area contributed by atoms with E-state index in [9.17, 15) is 4.79 Å². The van der Waals surface area contributed by atoms with E-state index in [1.165, 1.54) is 5.56 Å². The first kappa shape index (κ1) is 23.9. The fourth-order valence-corrected chi connectivity index (χ4v) is 4.03. The number of carbonyl (C=O) groups excluding carboxylic acids is 1. The van der Waals surface area contributed by atoms with Gasteiger partial charge in [-0.1, -0.05) is 36.3 Å². The van der Waals surface area contributed by atoms with Gasteiger partial charge in [-0.15, -0.1) is 0 Å². The molecule has 1 saturated heterocycles. The second-order valence-electron chi connectivity index (χ2n) is 8.71. The van der Waals surface area contributed by atoms with E-state index in [1.807, 2.05) is 36.2 Å². The van der Waals surface area contributed by atoms with Crippen molar-refractivity contribution in [3.63, 3.8) is 0 Å². The summed E-state index contributed by atoms with van der Waals surface area (Å²) in [7, 11) is 3.52. The largest absolute Gasteiger partial charge is 0.497 e. The Balaban J connectivity index is 1.21. The third kappa shape index (κ3) is 6.21. The molecule has 0 bridgehead atoms. The van der Waals surface area contributed by atoms with Gasteiger partial charge in [0.2, 0.25) is 17.6 Å². The van der Waals surface area contributed by atoms with Crippen LogP contribution in [0.25, 0.3) is 11.4 Å². The molecule has 0 saturated carbocycles. The van der Waals surface area contributed by atoms with Gasteiger partial charge >= 0.3 is 0 Å². The first-order valence-corrected chi connectivity index (χ1v) is 11.8. The summed E-state index contributed by atoms with van der Waals surface area (Å²) in [6, 6.07) is 16.1. The molecular formula is C26H33N5O3. The average molecular weight is 464 g/mol. The van der Waals surface area contributed by atoms with Crippen LogP contribution in [-0.4, -0.2) is 77.6 Å².